The van der Waals surface area contributed by atoms with Gasteiger partial charge in [0.05, 0.1) is 0 Å². The van der Waals surface area contributed by atoms with Gasteiger partial charge >= 0.3 is 6.09 Å². The summed E-state index contributed by atoms with van der Waals surface area (Å²) in [6.07, 6.45) is 1.81. The first-order valence-corrected chi connectivity index (χ1v) is 6.99. The highest BCUT2D eigenvalue weighted by Gasteiger charge is 2.21. The summed E-state index contributed by atoms with van der Waals surface area (Å²) in [6.45, 7) is 5.52. The zero-order valence-corrected chi connectivity index (χ0v) is 12.9. The number of alkyl carbamates (subject to hydrolysis) is 1. The van der Waals surface area contributed by atoms with Crippen LogP contribution in [0.4, 0.5) is 4.79 Å². The van der Waals surface area contributed by atoms with Crippen LogP contribution in [0.1, 0.15) is 40.0 Å². The number of nitrogens with one attached hydrogen (secondary N) is 4. The van der Waals surface area contributed by atoms with Gasteiger partial charge in [0.2, 0.25) is 5.91 Å². The Balaban J connectivity index is 2.04. The third kappa shape index (κ3) is 8.52. The lowest BCUT2D eigenvalue weighted by atomic mass is 10.2. The number of carbonyl (C=O) groups excluding carboxylic acids is 2. The van der Waals surface area contributed by atoms with Gasteiger partial charge in [0.1, 0.15) is 5.60 Å². The molecule has 20 heavy (non-hydrogen) atoms. The van der Waals surface area contributed by atoms with Crippen LogP contribution in [-0.2, 0) is 9.53 Å². The maximum absolute atomic E-state index is 11.5. The predicted molar refractivity (Wildman–Crippen MR) is 78.9 cm³/mol. The van der Waals surface area contributed by atoms with Crippen LogP contribution in [0.25, 0.3) is 0 Å². The summed E-state index contributed by atoms with van der Waals surface area (Å²) < 4.78 is 5.04. The van der Waals surface area contributed by atoms with Gasteiger partial charge in [-0.1, -0.05) is 0 Å². The quantitative estimate of drug-likeness (QED) is 0.448. The summed E-state index contributed by atoms with van der Waals surface area (Å²) in [5.41, 5.74) is 4.51. The molecule has 8 heteroatoms. The van der Waals surface area contributed by atoms with Crippen molar-refractivity contribution in [1.29, 1.82) is 0 Å². The summed E-state index contributed by atoms with van der Waals surface area (Å²) in [5, 5.41) is 5.93. The van der Waals surface area contributed by atoms with E-state index in [1.165, 1.54) is 0 Å². The number of carbonyl (C=O) groups is 2. The molecule has 0 unspecified atom stereocenters. The van der Waals surface area contributed by atoms with Gasteiger partial charge < -0.3 is 15.4 Å². The van der Waals surface area contributed by atoms with Gasteiger partial charge in [-0.25, -0.2) is 4.79 Å². The number of hydrazine groups is 1. The standard InChI is InChI=1S/C12H22N4O3S/c1-12(2,3)19-11(18)13-7-6-9(17)15-16-10(20)14-8-4-5-8/h8H,4-7H2,1-3H3,(H,13,18)(H,15,17)(H2,14,16,20). The highest BCUT2D eigenvalue weighted by molar-refractivity contribution is 7.80. The van der Waals surface area contributed by atoms with Crippen LogP contribution in [0.3, 0.4) is 0 Å². The van der Waals surface area contributed by atoms with E-state index < -0.39 is 11.7 Å². The van der Waals surface area contributed by atoms with E-state index in [1.807, 2.05) is 0 Å². The van der Waals surface area contributed by atoms with Gasteiger partial charge in [-0.05, 0) is 45.8 Å². The molecule has 0 spiro atoms. The van der Waals surface area contributed by atoms with Crippen molar-refractivity contribution in [3.63, 3.8) is 0 Å². The van der Waals surface area contributed by atoms with Crippen molar-refractivity contribution in [2.75, 3.05) is 6.54 Å². The molecule has 1 rings (SSSR count). The normalized spacial score (nSPS) is 14.2. The lowest BCUT2D eigenvalue weighted by Crippen LogP contribution is -2.48. The largest absolute Gasteiger partial charge is 0.444 e. The highest BCUT2D eigenvalue weighted by Crippen LogP contribution is 2.18. The molecule has 2 amide bonds. The highest BCUT2D eigenvalue weighted by atomic mass is 32.1. The first-order valence-electron chi connectivity index (χ1n) is 6.58. The zero-order valence-electron chi connectivity index (χ0n) is 12.0. The Morgan fingerprint density at radius 2 is 1.90 bits per heavy atom. The molecule has 4 N–H and O–H groups in total. The lowest BCUT2D eigenvalue weighted by molar-refractivity contribution is -0.121. The summed E-state index contributed by atoms with van der Waals surface area (Å²) in [5.74, 6) is -0.263. The second-order valence-corrected chi connectivity index (χ2v) is 6.01. The molecule has 7 nitrogen and oxygen atoms in total. The second-order valence-electron chi connectivity index (χ2n) is 5.60. The van der Waals surface area contributed by atoms with E-state index in [0.29, 0.717) is 11.2 Å². The number of ether oxygens (including phenoxy) is 1. The van der Waals surface area contributed by atoms with Crippen LogP contribution in [-0.4, -0.2) is 35.3 Å². The molecule has 1 aliphatic rings. The molecule has 0 heterocycles. The third-order valence-electron chi connectivity index (χ3n) is 2.25. The van der Waals surface area contributed by atoms with Crippen molar-refractivity contribution in [2.24, 2.45) is 0 Å². The van der Waals surface area contributed by atoms with Crippen molar-refractivity contribution in [2.45, 2.75) is 51.7 Å². The number of rotatable bonds is 4. The Morgan fingerprint density at radius 3 is 2.45 bits per heavy atom. The molecule has 1 saturated carbocycles. The van der Waals surface area contributed by atoms with Gasteiger partial charge in [-0.3, -0.25) is 15.6 Å². The van der Waals surface area contributed by atoms with Crippen LogP contribution in [0.2, 0.25) is 0 Å². The van der Waals surface area contributed by atoms with E-state index in [2.05, 4.69) is 21.5 Å². The smallest absolute Gasteiger partial charge is 0.407 e. The Labute approximate surface area is 124 Å². The van der Waals surface area contributed by atoms with E-state index in [-0.39, 0.29) is 18.9 Å². The average Bonchev–Trinajstić information content (AvgIpc) is 3.07. The SMILES string of the molecule is CC(C)(C)OC(=O)NCCC(=O)NNC(=S)NC1CC1. The van der Waals surface area contributed by atoms with Gasteiger partial charge in [0.25, 0.3) is 0 Å². The molecule has 1 aliphatic carbocycles. The van der Waals surface area contributed by atoms with E-state index >= 15 is 0 Å². The number of thiocarbonyl (C=S) groups is 1. The summed E-state index contributed by atoms with van der Waals surface area (Å²) >= 11 is 4.98. The maximum atomic E-state index is 11.5. The van der Waals surface area contributed by atoms with Crippen LogP contribution >= 0.6 is 12.2 Å². The monoisotopic (exact) mass is 302 g/mol. The molecule has 0 bridgehead atoms. The molecule has 1 fully saturated rings. The minimum absolute atomic E-state index is 0.137. The molecule has 0 aromatic carbocycles. The van der Waals surface area contributed by atoms with Crippen molar-refractivity contribution in [1.82, 2.24) is 21.5 Å². The molecule has 114 valence electrons. The molecule has 0 aromatic heterocycles. The third-order valence-corrected chi connectivity index (χ3v) is 2.47. The van der Waals surface area contributed by atoms with Crippen LogP contribution in [0.15, 0.2) is 0 Å². The Hall–Kier alpha value is -1.57. The van der Waals surface area contributed by atoms with Crippen LogP contribution < -0.4 is 21.5 Å². The van der Waals surface area contributed by atoms with E-state index in [9.17, 15) is 9.59 Å². The fourth-order valence-corrected chi connectivity index (χ4v) is 1.45. The Morgan fingerprint density at radius 1 is 1.25 bits per heavy atom. The lowest BCUT2D eigenvalue weighted by Gasteiger charge is -2.19. The van der Waals surface area contributed by atoms with Crippen molar-refractivity contribution in [3.8, 4) is 0 Å². The fourth-order valence-electron chi connectivity index (χ4n) is 1.23. The number of hydrogen-bond donors (Lipinski definition) is 4. The molecule has 0 radical (unpaired) electrons. The number of amides is 2. The molecule has 0 saturated heterocycles. The van der Waals surface area contributed by atoms with Gasteiger partial charge in [-0.15, -0.1) is 0 Å². The van der Waals surface area contributed by atoms with Crippen molar-refractivity contribution in [3.05, 3.63) is 0 Å². The first-order chi connectivity index (χ1) is 9.26. The minimum Gasteiger partial charge on any atom is -0.444 e. The Bertz CT molecular complexity index is 377. The van der Waals surface area contributed by atoms with Gasteiger partial charge in [-0.2, -0.15) is 0 Å². The average molecular weight is 302 g/mol. The second kappa shape index (κ2) is 7.28. The van der Waals surface area contributed by atoms with E-state index in [4.69, 9.17) is 17.0 Å². The fraction of sp³-hybridized carbons (Fsp3) is 0.750. The van der Waals surface area contributed by atoms with Crippen molar-refractivity contribution < 1.29 is 14.3 Å². The van der Waals surface area contributed by atoms with Gasteiger partial charge in [0.15, 0.2) is 5.11 Å². The van der Waals surface area contributed by atoms with Crippen LogP contribution in [0.5, 0.6) is 0 Å². The topological polar surface area (TPSA) is 91.5 Å². The number of hydrogen-bond acceptors (Lipinski definition) is 4. The zero-order chi connectivity index (χ0) is 15.2. The predicted octanol–water partition coefficient (Wildman–Crippen LogP) is 0.559. The molecule has 0 atom stereocenters. The minimum atomic E-state index is -0.547. The summed E-state index contributed by atoms with van der Waals surface area (Å²) in [6, 6.07) is 0.431. The van der Waals surface area contributed by atoms with Crippen LogP contribution in [0, 0.1) is 0 Å². The van der Waals surface area contributed by atoms with E-state index in [0.717, 1.165) is 12.8 Å². The molecule has 0 aliphatic heterocycles. The molecule has 0 aromatic rings. The van der Waals surface area contributed by atoms with Gasteiger partial charge in [0, 0.05) is 19.0 Å². The maximum Gasteiger partial charge on any atom is 0.407 e. The first kappa shape index (κ1) is 16.5. The molecular formula is C12H22N4O3S. The summed E-state index contributed by atoms with van der Waals surface area (Å²) in [7, 11) is 0. The molecular weight excluding hydrogens is 280 g/mol. The van der Waals surface area contributed by atoms with Crippen molar-refractivity contribution >= 4 is 29.3 Å². The van der Waals surface area contributed by atoms with E-state index in [1.54, 1.807) is 20.8 Å². The Kier molecular flexibility index (Phi) is 6.00. The summed E-state index contributed by atoms with van der Waals surface area (Å²) in [4.78, 5) is 22.8.